The topological polar surface area (TPSA) is 236 Å². The zero-order chi connectivity index (χ0) is 43.5. The summed E-state index contributed by atoms with van der Waals surface area (Å²) in [5.74, 6) is 2.64. The summed E-state index contributed by atoms with van der Waals surface area (Å²) in [5, 5.41) is 85.9. The van der Waals surface area contributed by atoms with Crippen molar-refractivity contribution in [1.29, 1.82) is 0 Å². The van der Waals surface area contributed by atoms with E-state index in [2.05, 4.69) is 33.8 Å². The van der Waals surface area contributed by atoms with Crippen LogP contribution in [0.4, 0.5) is 0 Å². The molecule has 5 aliphatic heterocycles. The molecule has 26 atom stereocenters. The summed E-state index contributed by atoms with van der Waals surface area (Å²) in [6.45, 7) is 12.7. The molecule has 0 bridgehead atoms. The summed E-state index contributed by atoms with van der Waals surface area (Å²) in [7, 11) is 0. The fourth-order valence-electron chi connectivity index (χ4n) is 14.0. The van der Waals surface area contributed by atoms with Gasteiger partial charge < -0.3 is 78.7 Å². The molecular weight excluding hydrogens is 796 g/mol. The van der Waals surface area contributed by atoms with Crippen LogP contribution in [0.3, 0.4) is 0 Å². The molecule has 5 heterocycles. The zero-order valence-electron chi connectivity index (χ0n) is 36.5. The van der Waals surface area contributed by atoms with Crippen molar-refractivity contribution in [3.05, 3.63) is 11.6 Å². The van der Waals surface area contributed by atoms with Crippen molar-refractivity contribution >= 4 is 0 Å². The van der Waals surface area contributed by atoms with Crippen LogP contribution in [0.15, 0.2) is 11.6 Å². The number of ether oxygens (including phenoxy) is 8. The van der Waals surface area contributed by atoms with Gasteiger partial charge in [-0.3, -0.25) is 0 Å². The van der Waals surface area contributed by atoms with Crippen molar-refractivity contribution in [3.63, 3.8) is 0 Å². The van der Waals surface area contributed by atoms with E-state index in [4.69, 9.17) is 37.9 Å². The highest BCUT2D eigenvalue weighted by atomic mass is 16.8. The van der Waals surface area contributed by atoms with E-state index in [0.717, 1.165) is 45.1 Å². The largest absolute Gasteiger partial charge is 0.394 e. The third-order valence-electron chi connectivity index (χ3n) is 17.6. The average molecular weight is 869 g/mol. The lowest BCUT2D eigenvalue weighted by Crippen LogP contribution is -2.66. The van der Waals surface area contributed by atoms with Gasteiger partial charge in [0.15, 0.2) is 24.7 Å². The molecule has 9 rings (SSSR count). The van der Waals surface area contributed by atoms with Crippen molar-refractivity contribution in [2.24, 2.45) is 46.3 Å². The summed E-state index contributed by atoms with van der Waals surface area (Å²) in [5.41, 5.74) is 1.53. The molecule has 16 heteroatoms. The normalized spacial score (nSPS) is 58.4. The van der Waals surface area contributed by atoms with E-state index in [1.807, 2.05) is 0 Å². The minimum Gasteiger partial charge on any atom is -0.394 e. The highest BCUT2D eigenvalue weighted by Gasteiger charge is 2.69. The maximum absolute atomic E-state index is 12.0. The van der Waals surface area contributed by atoms with Gasteiger partial charge in [0, 0.05) is 12.3 Å². The lowest BCUT2D eigenvalue weighted by Gasteiger charge is -2.58. The van der Waals surface area contributed by atoms with E-state index in [1.54, 1.807) is 0 Å². The second-order valence-electron chi connectivity index (χ2n) is 21.1. The van der Waals surface area contributed by atoms with Crippen molar-refractivity contribution in [2.75, 3.05) is 13.2 Å². The number of hydrogen-bond donors (Lipinski definition) is 8. The molecule has 8 N–H and O–H groups in total. The highest BCUT2D eigenvalue weighted by Crippen LogP contribution is 2.70. The van der Waals surface area contributed by atoms with Gasteiger partial charge in [0.25, 0.3) is 0 Å². The van der Waals surface area contributed by atoms with Crippen LogP contribution in [0.5, 0.6) is 0 Å². The first kappa shape index (κ1) is 45.3. The van der Waals surface area contributed by atoms with Gasteiger partial charge in [-0.15, -0.1) is 0 Å². The van der Waals surface area contributed by atoms with Crippen LogP contribution in [0.2, 0.25) is 0 Å². The minimum atomic E-state index is -1.71. The lowest BCUT2D eigenvalue weighted by molar-refractivity contribution is -0.388. The molecule has 8 fully saturated rings. The predicted molar refractivity (Wildman–Crippen MR) is 213 cm³/mol. The molecule has 4 aliphatic carbocycles. The Morgan fingerprint density at radius 3 is 1.97 bits per heavy atom. The van der Waals surface area contributed by atoms with Crippen molar-refractivity contribution in [1.82, 2.24) is 0 Å². The first-order chi connectivity index (χ1) is 28.9. The van der Waals surface area contributed by atoms with Crippen LogP contribution >= 0.6 is 0 Å². The van der Waals surface area contributed by atoms with Crippen LogP contribution in [0, 0.1) is 46.3 Å². The molecule has 61 heavy (non-hydrogen) atoms. The molecule has 16 nitrogen and oxygen atoms in total. The molecule has 5 saturated heterocycles. The monoisotopic (exact) mass is 868 g/mol. The maximum Gasteiger partial charge on any atom is 0.187 e. The fourth-order valence-corrected chi connectivity index (χ4v) is 14.0. The van der Waals surface area contributed by atoms with Gasteiger partial charge in [0.1, 0.15) is 61.0 Å². The van der Waals surface area contributed by atoms with E-state index < -0.39 is 105 Å². The third-order valence-corrected chi connectivity index (χ3v) is 17.6. The quantitative estimate of drug-likeness (QED) is 0.168. The first-order valence-corrected chi connectivity index (χ1v) is 23.2. The van der Waals surface area contributed by atoms with Crippen LogP contribution < -0.4 is 0 Å². The Labute approximate surface area is 358 Å². The standard InChI is InChI=1S/C45H72O16/c1-19-9-14-45(54-18-19)20(2)30-28(61-45)16-27-25-8-7-23-15-24(10-12-43(23,5)26(25)11-13-44(27,30)6)57-42-39(60-41-36(52)34(50)32(48)22(4)56-41)37(53)38(29(17-46)58-42)59-40-35(51)33(49)31(47)21(3)55-40/h7,19-22,24-42,46-53H,8-18H2,1-6H3/t19-,20-,21-,22-,24-,25+,26-,27-,28-,29+,30-,31-,32-,33+,34+,35+,36+,37-,38+,39+,40-,41-,42+,43-,44-,45-/m0/s1. The van der Waals surface area contributed by atoms with Crippen molar-refractivity contribution in [3.8, 4) is 0 Å². The Hall–Kier alpha value is -0.900. The van der Waals surface area contributed by atoms with Gasteiger partial charge in [0.2, 0.25) is 0 Å². The Morgan fingerprint density at radius 2 is 1.34 bits per heavy atom. The number of fused-ring (bicyclic) bond motifs is 7. The van der Waals surface area contributed by atoms with Crippen LogP contribution in [-0.2, 0) is 37.9 Å². The molecular formula is C45H72O16. The van der Waals surface area contributed by atoms with E-state index >= 15 is 0 Å². The Bertz CT molecular complexity index is 1590. The summed E-state index contributed by atoms with van der Waals surface area (Å²) in [4.78, 5) is 0. The average Bonchev–Trinajstić information content (AvgIpc) is 3.69. The van der Waals surface area contributed by atoms with E-state index in [1.165, 1.54) is 25.8 Å². The molecule has 0 amide bonds. The Morgan fingerprint density at radius 1 is 0.689 bits per heavy atom. The van der Waals surface area contributed by atoms with E-state index in [9.17, 15) is 40.9 Å². The highest BCUT2D eigenvalue weighted by molar-refractivity contribution is 5.26. The van der Waals surface area contributed by atoms with Gasteiger partial charge in [-0.2, -0.15) is 0 Å². The van der Waals surface area contributed by atoms with Gasteiger partial charge in [-0.1, -0.05) is 39.3 Å². The summed E-state index contributed by atoms with van der Waals surface area (Å²) >= 11 is 0. The molecule has 0 aromatic heterocycles. The van der Waals surface area contributed by atoms with Gasteiger partial charge >= 0.3 is 0 Å². The number of allylic oxidation sites excluding steroid dienone is 1. The van der Waals surface area contributed by atoms with Gasteiger partial charge in [0.05, 0.1) is 37.6 Å². The molecule has 0 aromatic carbocycles. The first-order valence-electron chi connectivity index (χ1n) is 23.2. The molecule has 0 radical (unpaired) electrons. The summed E-state index contributed by atoms with van der Waals surface area (Å²) < 4.78 is 50.1. The lowest BCUT2D eigenvalue weighted by atomic mass is 9.47. The SMILES string of the molecule is C[C@H]1CC[C@]2(OC1)O[C@H]1C[C@H]3[C@@H]4CC=C5C[C@@H](O[C@@H]6O[C@H](CO)[C@@H](O[C@@H]7O[C@@H](C)[C@H](O)[C@@H](O)[C@H]7O)[C@H](O)[C@H]6O[C@@H]6O[C@@H](C)[C@H](O)[C@@H](O)[C@H]6O)CC[C@]5(C)[C@H]4CC[C@]3(C)[C@H]1[C@@H]2C. The molecule has 0 aromatic rings. The van der Waals surface area contributed by atoms with Crippen molar-refractivity contribution in [2.45, 2.75) is 209 Å². The second-order valence-corrected chi connectivity index (χ2v) is 21.1. The smallest absolute Gasteiger partial charge is 0.187 e. The zero-order valence-corrected chi connectivity index (χ0v) is 36.5. The minimum absolute atomic E-state index is 0.0171. The number of hydrogen-bond acceptors (Lipinski definition) is 16. The van der Waals surface area contributed by atoms with E-state index in [-0.39, 0.29) is 23.0 Å². The number of aliphatic hydroxyl groups is 8. The summed E-state index contributed by atoms with van der Waals surface area (Å²) in [6, 6.07) is 0. The van der Waals surface area contributed by atoms with Crippen LogP contribution in [0.25, 0.3) is 0 Å². The molecule has 1 spiro atoms. The van der Waals surface area contributed by atoms with E-state index in [0.29, 0.717) is 48.3 Å². The summed E-state index contributed by atoms with van der Waals surface area (Å²) in [6.07, 6.45) is -10.4. The number of rotatable bonds is 7. The molecule has 348 valence electrons. The Balaban J connectivity index is 0.916. The molecule has 9 aliphatic rings. The maximum atomic E-state index is 12.0. The molecule has 0 unspecified atom stereocenters. The Kier molecular flexibility index (Phi) is 12.4. The fraction of sp³-hybridized carbons (Fsp3) is 0.956. The predicted octanol–water partition coefficient (Wildman–Crippen LogP) is 1.24. The van der Waals surface area contributed by atoms with Crippen molar-refractivity contribution < 1.29 is 78.7 Å². The molecule has 3 saturated carbocycles. The van der Waals surface area contributed by atoms with Crippen LogP contribution in [0.1, 0.15) is 99.3 Å². The number of aliphatic hydroxyl groups excluding tert-OH is 8. The third kappa shape index (κ3) is 7.42. The van der Waals surface area contributed by atoms with Gasteiger partial charge in [-0.25, -0.2) is 0 Å². The van der Waals surface area contributed by atoms with Crippen LogP contribution in [-0.4, -0.2) is 164 Å². The van der Waals surface area contributed by atoms with Gasteiger partial charge in [-0.05, 0) is 106 Å². The second kappa shape index (κ2) is 16.8.